The molecule has 2 aromatic heterocycles. The van der Waals surface area contributed by atoms with Gasteiger partial charge in [0.05, 0.1) is 12.4 Å². The first kappa shape index (κ1) is 26.3. The molecule has 182 valence electrons. The summed E-state index contributed by atoms with van der Waals surface area (Å²) in [5.74, 6) is 0. The Kier molecular flexibility index (Phi) is 11.7. The molecule has 0 fully saturated rings. The number of aliphatic hydroxyl groups excluding tert-OH is 1. The number of aliphatic hydroxyl groups is 1. The molecule has 0 saturated carbocycles. The summed E-state index contributed by atoms with van der Waals surface area (Å²) in [6, 6.07) is 0. The molecule has 8 nitrogen and oxygen atoms in total. The largest absolute Gasteiger partial charge is 0.392 e. The highest BCUT2D eigenvalue weighted by Crippen LogP contribution is 2.09. The Morgan fingerprint density at radius 2 is 1.62 bits per heavy atom. The monoisotopic (exact) mass is 449 g/mol. The minimum absolute atomic E-state index is 0.300. The van der Waals surface area contributed by atoms with E-state index in [4.69, 9.17) is 0 Å². The SMILES string of the molecule is CCCCCCCCCCCNCC(O)CCCCn1c(=O)c2c(ncn2C)n(C)c1=O. The number of fused-ring (bicyclic) bond motifs is 1. The summed E-state index contributed by atoms with van der Waals surface area (Å²) in [4.78, 5) is 29.3. The average molecular weight is 450 g/mol. The highest BCUT2D eigenvalue weighted by molar-refractivity contribution is 5.69. The molecule has 1 unspecified atom stereocenters. The van der Waals surface area contributed by atoms with Crippen LogP contribution in [-0.4, -0.2) is 43.0 Å². The number of aryl methyl sites for hydroxylation is 2. The van der Waals surface area contributed by atoms with E-state index in [1.54, 1.807) is 25.0 Å². The lowest BCUT2D eigenvalue weighted by atomic mass is 10.1. The summed E-state index contributed by atoms with van der Waals surface area (Å²) in [6.07, 6.45) is 15.1. The van der Waals surface area contributed by atoms with Gasteiger partial charge in [-0.05, 0) is 32.2 Å². The Morgan fingerprint density at radius 3 is 2.31 bits per heavy atom. The standard InChI is InChI=1S/C24H43N5O3/c1-4-5-6-7-8-9-10-11-13-16-25-18-20(30)15-12-14-17-29-23(31)21-22(26-19-27(21)2)28(3)24(29)32/h19-20,25,30H,4-18H2,1-3H3. The van der Waals surface area contributed by atoms with Crippen LogP contribution >= 0.6 is 0 Å². The maximum atomic E-state index is 12.7. The second kappa shape index (κ2) is 14.3. The van der Waals surface area contributed by atoms with Crippen molar-refractivity contribution in [1.29, 1.82) is 0 Å². The number of rotatable bonds is 17. The molecule has 2 rings (SSSR count). The van der Waals surface area contributed by atoms with Crippen molar-refractivity contribution in [2.75, 3.05) is 13.1 Å². The topological polar surface area (TPSA) is 94.1 Å². The highest BCUT2D eigenvalue weighted by atomic mass is 16.3. The third-order valence-electron chi connectivity index (χ3n) is 6.21. The smallest absolute Gasteiger partial charge is 0.332 e. The second-order valence-corrected chi connectivity index (χ2v) is 9.01. The van der Waals surface area contributed by atoms with Gasteiger partial charge >= 0.3 is 5.69 Å². The number of hydrogen-bond acceptors (Lipinski definition) is 5. The van der Waals surface area contributed by atoms with Gasteiger partial charge in [0.1, 0.15) is 0 Å². The normalized spacial score (nSPS) is 12.6. The van der Waals surface area contributed by atoms with Crippen molar-refractivity contribution in [3.8, 4) is 0 Å². The van der Waals surface area contributed by atoms with E-state index in [1.165, 1.54) is 60.5 Å². The molecule has 0 bridgehead atoms. The van der Waals surface area contributed by atoms with Crippen molar-refractivity contribution >= 4 is 11.2 Å². The van der Waals surface area contributed by atoms with Crippen LogP contribution in [0.25, 0.3) is 11.2 Å². The van der Waals surface area contributed by atoms with Crippen molar-refractivity contribution in [2.24, 2.45) is 14.1 Å². The zero-order valence-corrected chi connectivity index (χ0v) is 20.3. The Labute approximate surface area is 191 Å². The van der Waals surface area contributed by atoms with Gasteiger partial charge in [-0.2, -0.15) is 0 Å². The molecule has 0 radical (unpaired) electrons. The Balaban J connectivity index is 1.58. The molecule has 2 aromatic rings. The third kappa shape index (κ3) is 7.89. The lowest BCUT2D eigenvalue weighted by molar-refractivity contribution is 0.157. The summed E-state index contributed by atoms with van der Waals surface area (Å²) >= 11 is 0. The van der Waals surface area contributed by atoms with Gasteiger partial charge in [-0.25, -0.2) is 9.78 Å². The molecule has 0 aliphatic rings. The van der Waals surface area contributed by atoms with Crippen molar-refractivity contribution in [2.45, 2.75) is 96.6 Å². The number of hydrogen-bond donors (Lipinski definition) is 2. The number of unbranched alkanes of at least 4 members (excludes halogenated alkanes) is 9. The molecule has 32 heavy (non-hydrogen) atoms. The van der Waals surface area contributed by atoms with Gasteiger partial charge in [-0.1, -0.05) is 58.3 Å². The minimum atomic E-state index is -0.396. The van der Waals surface area contributed by atoms with E-state index < -0.39 is 6.10 Å². The number of nitrogens with zero attached hydrogens (tertiary/aromatic N) is 4. The fraction of sp³-hybridized carbons (Fsp3) is 0.792. The summed E-state index contributed by atoms with van der Waals surface area (Å²) in [5.41, 5.74) is 0.204. The van der Waals surface area contributed by atoms with Crippen LogP contribution in [0.5, 0.6) is 0 Å². The van der Waals surface area contributed by atoms with Gasteiger partial charge in [0.15, 0.2) is 11.2 Å². The fourth-order valence-electron chi connectivity index (χ4n) is 4.17. The lowest BCUT2D eigenvalue weighted by Crippen LogP contribution is -2.39. The van der Waals surface area contributed by atoms with Crippen LogP contribution in [0.2, 0.25) is 0 Å². The van der Waals surface area contributed by atoms with E-state index in [0.717, 1.165) is 19.4 Å². The lowest BCUT2D eigenvalue weighted by Gasteiger charge is -2.12. The Hall–Kier alpha value is -1.93. The maximum absolute atomic E-state index is 12.7. The van der Waals surface area contributed by atoms with Gasteiger partial charge in [0.25, 0.3) is 5.56 Å². The van der Waals surface area contributed by atoms with Crippen LogP contribution in [0.3, 0.4) is 0 Å². The first-order valence-electron chi connectivity index (χ1n) is 12.5. The van der Waals surface area contributed by atoms with Crippen LogP contribution in [0, 0.1) is 0 Å². The quantitative estimate of drug-likeness (QED) is 0.362. The first-order chi connectivity index (χ1) is 15.5. The Morgan fingerprint density at radius 1 is 0.969 bits per heavy atom. The molecule has 0 amide bonds. The van der Waals surface area contributed by atoms with Crippen molar-refractivity contribution in [1.82, 2.24) is 24.0 Å². The van der Waals surface area contributed by atoms with E-state index in [9.17, 15) is 14.7 Å². The maximum Gasteiger partial charge on any atom is 0.332 e. The molecule has 1 atom stereocenters. The molecule has 0 aliphatic carbocycles. The van der Waals surface area contributed by atoms with E-state index in [0.29, 0.717) is 37.1 Å². The molecule has 0 spiro atoms. The zero-order valence-electron chi connectivity index (χ0n) is 20.3. The van der Waals surface area contributed by atoms with E-state index >= 15 is 0 Å². The molecule has 0 aliphatic heterocycles. The predicted octanol–water partition coefficient (Wildman–Crippen LogP) is 3.09. The zero-order chi connectivity index (χ0) is 23.3. The first-order valence-corrected chi connectivity index (χ1v) is 12.5. The fourth-order valence-corrected chi connectivity index (χ4v) is 4.17. The molecular formula is C24H43N5O3. The van der Waals surface area contributed by atoms with E-state index in [1.807, 2.05) is 0 Å². The molecule has 0 aromatic carbocycles. The molecule has 2 N–H and O–H groups in total. The van der Waals surface area contributed by atoms with Gasteiger partial charge in [0.2, 0.25) is 0 Å². The summed E-state index contributed by atoms with van der Waals surface area (Å²) in [5, 5.41) is 13.5. The molecular weight excluding hydrogens is 406 g/mol. The molecule has 8 heteroatoms. The summed E-state index contributed by atoms with van der Waals surface area (Å²) in [6.45, 7) is 4.15. The van der Waals surface area contributed by atoms with Crippen LogP contribution in [0.4, 0.5) is 0 Å². The molecule has 0 saturated heterocycles. The third-order valence-corrected chi connectivity index (χ3v) is 6.21. The van der Waals surface area contributed by atoms with Crippen LogP contribution < -0.4 is 16.6 Å². The van der Waals surface area contributed by atoms with Crippen molar-refractivity contribution in [3.05, 3.63) is 27.2 Å². The van der Waals surface area contributed by atoms with Crippen LogP contribution in [0.1, 0.15) is 84.0 Å². The minimum Gasteiger partial charge on any atom is -0.392 e. The van der Waals surface area contributed by atoms with E-state index in [-0.39, 0.29) is 11.2 Å². The predicted molar refractivity (Wildman–Crippen MR) is 130 cm³/mol. The van der Waals surface area contributed by atoms with Crippen LogP contribution in [-0.2, 0) is 20.6 Å². The molecule has 2 heterocycles. The van der Waals surface area contributed by atoms with Crippen LogP contribution in [0.15, 0.2) is 15.9 Å². The van der Waals surface area contributed by atoms with E-state index in [2.05, 4.69) is 17.2 Å². The number of aromatic nitrogens is 4. The summed E-state index contributed by atoms with van der Waals surface area (Å²) < 4.78 is 4.34. The average Bonchev–Trinajstić information content (AvgIpc) is 3.17. The second-order valence-electron chi connectivity index (χ2n) is 9.01. The van der Waals surface area contributed by atoms with Gasteiger partial charge in [-0.3, -0.25) is 13.9 Å². The van der Waals surface area contributed by atoms with Crippen molar-refractivity contribution in [3.63, 3.8) is 0 Å². The van der Waals surface area contributed by atoms with Gasteiger partial charge in [-0.15, -0.1) is 0 Å². The number of imidazole rings is 1. The van der Waals surface area contributed by atoms with Gasteiger partial charge < -0.3 is 15.0 Å². The van der Waals surface area contributed by atoms with Crippen molar-refractivity contribution < 1.29 is 5.11 Å². The summed E-state index contributed by atoms with van der Waals surface area (Å²) in [7, 11) is 3.39. The Bertz CT molecular complexity index is 915. The van der Waals surface area contributed by atoms with Gasteiger partial charge in [0, 0.05) is 27.2 Å². The highest BCUT2D eigenvalue weighted by Gasteiger charge is 2.14. The number of nitrogens with one attached hydrogen (secondary N) is 1.